The Morgan fingerprint density at radius 1 is 1.52 bits per heavy atom. The van der Waals surface area contributed by atoms with E-state index >= 15 is 0 Å². The molecule has 1 aromatic heterocycles. The summed E-state index contributed by atoms with van der Waals surface area (Å²) in [5.74, 6) is -0.790. The molecule has 0 radical (unpaired) electrons. The summed E-state index contributed by atoms with van der Waals surface area (Å²) in [6.45, 7) is 5.36. The van der Waals surface area contributed by atoms with Gasteiger partial charge in [0.1, 0.15) is 11.8 Å². The standard InChI is InChI=1S/C12H19ClN6O4/c1-3-22-12(23-4-2)7-15-11(16-19(20)21)18(8-12)9-17-6-5-14-10(17)13/h5-6H,3-4,7-9H2,1-2H3,(H,15,16). The first-order valence-corrected chi connectivity index (χ1v) is 7.54. The number of hydrogen-bond acceptors (Lipinski definition) is 5. The molecule has 11 heteroatoms. The Morgan fingerprint density at radius 3 is 2.74 bits per heavy atom. The summed E-state index contributed by atoms with van der Waals surface area (Å²) < 4.78 is 13.1. The van der Waals surface area contributed by atoms with Crippen molar-refractivity contribution in [2.75, 3.05) is 26.3 Å². The van der Waals surface area contributed by atoms with E-state index in [-0.39, 0.29) is 31.0 Å². The zero-order chi connectivity index (χ0) is 16.9. The Morgan fingerprint density at radius 2 is 2.22 bits per heavy atom. The molecule has 10 nitrogen and oxygen atoms in total. The van der Waals surface area contributed by atoms with Crippen LogP contribution >= 0.6 is 11.6 Å². The second-order valence-electron chi connectivity index (χ2n) is 4.80. The molecule has 0 amide bonds. The lowest BCUT2D eigenvalue weighted by Gasteiger charge is -2.42. The van der Waals surface area contributed by atoms with Crippen molar-refractivity contribution in [3.8, 4) is 0 Å². The molecule has 1 fully saturated rings. The Bertz CT molecular complexity index is 572. The number of aromatic nitrogens is 2. The largest absolute Gasteiger partial charge is 0.347 e. The van der Waals surface area contributed by atoms with Gasteiger partial charge in [0.2, 0.25) is 11.1 Å². The zero-order valence-electron chi connectivity index (χ0n) is 12.9. The van der Waals surface area contributed by atoms with Crippen molar-refractivity contribution < 1.29 is 14.5 Å². The lowest BCUT2D eigenvalue weighted by molar-refractivity contribution is -0.486. The molecular formula is C12H19ClN6O4. The highest BCUT2D eigenvalue weighted by Crippen LogP contribution is 2.20. The SMILES string of the molecule is CCOC1(OCC)CN/C(=N\[N+](=O)[O-])N(Cn2ccnc2Cl)C1. The summed E-state index contributed by atoms with van der Waals surface area (Å²) in [7, 11) is 0. The Kier molecular flexibility index (Phi) is 5.74. The van der Waals surface area contributed by atoms with Crippen LogP contribution in [0.2, 0.25) is 5.28 Å². The van der Waals surface area contributed by atoms with E-state index in [0.717, 1.165) is 0 Å². The van der Waals surface area contributed by atoms with E-state index in [1.54, 1.807) is 21.9 Å². The highest BCUT2D eigenvalue weighted by Gasteiger charge is 2.40. The second kappa shape index (κ2) is 7.57. The molecule has 0 bridgehead atoms. The second-order valence-corrected chi connectivity index (χ2v) is 5.14. The normalized spacial score (nSPS) is 18.9. The Hall–Kier alpha value is -1.91. The first-order valence-electron chi connectivity index (χ1n) is 7.16. The molecule has 1 aliphatic rings. The van der Waals surface area contributed by atoms with Crippen LogP contribution in [0.15, 0.2) is 17.5 Å². The van der Waals surface area contributed by atoms with Gasteiger partial charge in [0.05, 0.1) is 13.1 Å². The average Bonchev–Trinajstić information content (AvgIpc) is 2.88. The van der Waals surface area contributed by atoms with Crippen molar-refractivity contribution in [1.82, 2.24) is 19.8 Å². The van der Waals surface area contributed by atoms with Gasteiger partial charge in [-0.25, -0.2) is 15.1 Å². The molecule has 1 aromatic rings. The average molecular weight is 347 g/mol. The minimum absolute atomic E-state index is 0.120. The molecule has 1 aliphatic heterocycles. The fourth-order valence-electron chi connectivity index (χ4n) is 2.40. The summed E-state index contributed by atoms with van der Waals surface area (Å²) in [5.41, 5.74) is 0. The highest BCUT2D eigenvalue weighted by molar-refractivity contribution is 6.28. The number of rotatable bonds is 7. The number of hydrazone groups is 1. The van der Waals surface area contributed by atoms with Crippen LogP contribution in [0.4, 0.5) is 0 Å². The van der Waals surface area contributed by atoms with E-state index < -0.39 is 10.8 Å². The van der Waals surface area contributed by atoms with Gasteiger partial charge in [-0.3, -0.25) is 0 Å². The topological polar surface area (TPSA) is 107 Å². The monoisotopic (exact) mass is 346 g/mol. The Balaban J connectivity index is 2.25. The van der Waals surface area contributed by atoms with Crippen molar-refractivity contribution in [3.63, 3.8) is 0 Å². The van der Waals surface area contributed by atoms with Gasteiger partial charge in [0.15, 0.2) is 5.03 Å². The van der Waals surface area contributed by atoms with Crippen LogP contribution < -0.4 is 5.32 Å². The van der Waals surface area contributed by atoms with E-state index in [1.165, 1.54) is 0 Å². The summed E-state index contributed by atoms with van der Waals surface area (Å²) in [4.78, 5) is 16.3. The third-order valence-corrected chi connectivity index (χ3v) is 3.54. The van der Waals surface area contributed by atoms with Gasteiger partial charge in [-0.05, 0) is 25.4 Å². The van der Waals surface area contributed by atoms with Crippen molar-refractivity contribution in [2.24, 2.45) is 5.10 Å². The molecule has 23 heavy (non-hydrogen) atoms. The molecule has 0 aromatic carbocycles. The summed E-state index contributed by atoms with van der Waals surface area (Å²) in [6.07, 6.45) is 3.21. The van der Waals surface area contributed by atoms with Crippen molar-refractivity contribution in [2.45, 2.75) is 26.3 Å². The smallest absolute Gasteiger partial charge is 0.273 e. The fourth-order valence-corrected chi connectivity index (χ4v) is 2.57. The van der Waals surface area contributed by atoms with Crippen molar-refractivity contribution in [1.29, 1.82) is 0 Å². The van der Waals surface area contributed by atoms with Gasteiger partial charge in [-0.2, -0.15) is 0 Å². The van der Waals surface area contributed by atoms with Gasteiger partial charge in [0.25, 0.3) is 5.96 Å². The van der Waals surface area contributed by atoms with E-state index in [0.29, 0.717) is 13.2 Å². The van der Waals surface area contributed by atoms with E-state index in [9.17, 15) is 10.1 Å². The molecule has 2 heterocycles. The first-order chi connectivity index (χ1) is 11.0. The van der Waals surface area contributed by atoms with Crippen LogP contribution in [0.25, 0.3) is 0 Å². The molecule has 128 valence electrons. The number of imidazole rings is 1. The maximum atomic E-state index is 10.7. The van der Waals surface area contributed by atoms with Crippen LogP contribution in [-0.4, -0.2) is 57.5 Å². The number of hydrogen-bond donors (Lipinski definition) is 1. The molecule has 1 saturated heterocycles. The maximum Gasteiger partial charge on any atom is 0.273 e. The fraction of sp³-hybridized carbons (Fsp3) is 0.667. The number of nitro groups is 1. The third-order valence-electron chi connectivity index (χ3n) is 3.23. The quantitative estimate of drug-likeness (QED) is 0.440. The van der Waals surface area contributed by atoms with Crippen molar-refractivity contribution in [3.05, 3.63) is 27.8 Å². The summed E-state index contributed by atoms with van der Waals surface area (Å²) in [6, 6.07) is 0. The lowest BCUT2D eigenvalue weighted by atomic mass is 10.2. The minimum Gasteiger partial charge on any atom is -0.347 e. The highest BCUT2D eigenvalue weighted by atomic mass is 35.5. The lowest BCUT2D eigenvalue weighted by Crippen LogP contribution is -2.63. The Labute approximate surface area is 138 Å². The molecular weight excluding hydrogens is 328 g/mol. The number of ether oxygens (including phenoxy) is 2. The van der Waals surface area contributed by atoms with Gasteiger partial charge in [-0.15, -0.1) is 0 Å². The predicted octanol–water partition coefficient (Wildman–Crippen LogP) is 0.716. The molecule has 0 aliphatic carbocycles. The van der Waals surface area contributed by atoms with Gasteiger partial charge < -0.3 is 24.3 Å². The van der Waals surface area contributed by atoms with Crippen LogP contribution in [0.3, 0.4) is 0 Å². The summed E-state index contributed by atoms with van der Waals surface area (Å²) >= 11 is 5.97. The number of nitrogens with zero attached hydrogens (tertiary/aromatic N) is 5. The molecule has 0 spiro atoms. The van der Waals surface area contributed by atoms with Crippen LogP contribution in [0, 0.1) is 10.1 Å². The van der Waals surface area contributed by atoms with Gasteiger partial charge in [-0.1, -0.05) is 0 Å². The van der Waals surface area contributed by atoms with Crippen LogP contribution in [0.1, 0.15) is 13.8 Å². The molecule has 0 unspecified atom stereocenters. The van der Waals surface area contributed by atoms with E-state index in [1.807, 2.05) is 13.8 Å². The minimum atomic E-state index is -0.911. The van der Waals surface area contributed by atoms with Crippen LogP contribution in [0.5, 0.6) is 0 Å². The first kappa shape index (κ1) is 17.4. The molecule has 2 rings (SSSR count). The number of halogens is 1. The maximum absolute atomic E-state index is 10.7. The molecule has 0 atom stereocenters. The van der Waals surface area contributed by atoms with Crippen molar-refractivity contribution >= 4 is 17.6 Å². The zero-order valence-corrected chi connectivity index (χ0v) is 13.7. The van der Waals surface area contributed by atoms with E-state index in [2.05, 4.69) is 15.4 Å². The van der Waals surface area contributed by atoms with Gasteiger partial charge in [0, 0.05) is 25.6 Å². The predicted molar refractivity (Wildman–Crippen MR) is 82.4 cm³/mol. The number of guanidine groups is 1. The molecule has 0 saturated carbocycles. The van der Waals surface area contributed by atoms with Gasteiger partial charge >= 0.3 is 0 Å². The third kappa shape index (κ3) is 4.30. The molecule has 1 N–H and O–H groups in total. The van der Waals surface area contributed by atoms with Crippen LogP contribution in [-0.2, 0) is 16.1 Å². The number of nitrogens with one attached hydrogen (secondary N) is 1. The summed E-state index contributed by atoms with van der Waals surface area (Å²) in [5, 5.41) is 16.5. The van der Waals surface area contributed by atoms with E-state index in [4.69, 9.17) is 21.1 Å².